The molecule has 0 aliphatic heterocycles. The summed E-state index contributed by atoms with van der Waals surface area (Å²) < 4.78 is 168. The summed E-state index contributed by atoms with van der Waals surface area (Å²) >= 11 is 6.61. The van der Waals surface area contributed by atoms with E-state index in [1.54, 1.807) is 0 Å². The number of halogens is 9. The summed E-state index contributed by atoms with van der Waals surface area (Å²) in [6.07, 6.45) is -5.44. The highest BCUT2D eigenvalue weighted by atomic mass is 35.5. The van der Waals surface area contributed by atoms with Gasteiger partial charge in [-0.05, 0) is 87.3 Å². The van der Waals surface area contributed by atoms with Crippen molar-refractivity contribution in [2.75, 3.05) is 17.5 Å². The molecule has 12 nitrogen and oxygen atoms in total. The Morgan fingerprint density at radius 2 is 1.69 bits per heavy atom. The predicted molar refractivity (Wildman–Crippen MR) is 222 cm³/mol. The molecular formula is C41H38ClF8N7O5S2. The highest BCUT2D eigenvalue weighted by Crippen LogP contribution is 2.62. The first-order valence-electron chi connectivity index (χ1n) is 19.5. The first-order chi connectivity index (χ1) is 29.8. The van der Waals surface area contributed by atoms with Crippen LogP contribution >= 0.6 is 11.6 Å². The van der Waals surface area contributed by atoms with Crippen LogP contribution < -0.4 is 15.4 Å². The Morgan fingerprint density at radius 3 is 2.30 bits per heavy atom. The summed E-state index contributed by atoms with van der Waals surface area (Å²) in [5.74, 6) is -4.32. The maximum Gasteiger partial charge on any atom is 0.290 e. The summed E-state index contributed by atoms with van der Waals surface area (Å²) in [7, 11) is -7.83. The molecule has 2 heterocycles. The van der Waals surface area contributed by atoms with E-state index in [0.29, 0.717) is 18.9 Å². The molecule has 2 aromatic heterocycles. The Kier molecular flexibility index (Phi) is 12.4. The third-order valence-electron chi connectivity index (χ3n) is 11.2. The zero-order valence-corrected chi connectivity index (χ0v) is 36.2. The Morgan fingerprint density at radius 1 is 1.03 bits per heavy atom. The molecule has 0 saturated heterocycles. The molecule has 7 rings (SSSR count). The number of alkyl halides is 6. The second-order valence-corrected chi connectivity index (χ2v) is 21.2. The average Bonchev–Trinajstić information content (AvgIpc) is 4.11. The molecule has 0 radical (unpaired) electrons. The highest BCUT2D eigenvalue weighted by Gasteiger charge is 2.66. The van der Waals surface area contributed by atoms with Gasteiger partial charge in [0.1, 0.15) is 34.3 Å². The van der Waals surface area contributed by atoms with Gasteiger partial charge in [-0.15, -0.1) is 0 Å². The molecule has 342 valence electrons. The summed E-state index contributed by atoms with van der Waals surface area (Å²) in [6, 6.07) is 6.24. The van der Waals surface area contributed by atoms with Gasteiger partial charge in [0.05, 0.1) is 45.2 Å². The number of sulfonamides is 1. The van der Waals surface area contributed by atoms with Crippen LogP contribution in [0.3, 0.4) is 0 Å². The summed E-state index contributed by atoms with van der Waals surface area (Å²) in [4.78, 5) is 18.5. The van der Waals surface area contributed by atoms with E-state index < -0.39 is 121 Å². The number of amides is 1. The normalized spacial score (nSPS) is 18.8. The van der Waals surface area contributed by atoms with Gasteiger partial charge in [0.15, 0.2) is 15.7 Å². The Balaban J connectivity index is 1.40. The van der Waals surface area contributed by atoms with Crippen LogP contribution in [0.25, 0.3) is 22.0 Å². The molecule has 64 heavy (non-hydrogen) atoms. The average molecular weight is 960 g/mol. The molecular weight excluding hydrogens is 922 g/mol. The van der Waals surface area contributed by atoms with Gasteiger partial charge in [-0.2, -0.15) is 13.9 Å². The SMILES string of the molecule is CC(C)(C#Cc1ccc(-c2ccc(Cl)c3c(NS(=O)(=O)C4CC4)nn(CC(F)F)c23)c(C(Cc2cc(F)cc(F)c2)NC(=O)CNC2=C(C(=N)C(F)F)C3CC3C2(F)F)n1)S(C)(=O)=O. The minimum absolute atomic E-state index is 0.00506. The molecule has 2 saturated carbocycles. The van der Waals surface area contributed by atoms with Crippen molar-refractivity contribution < 1.29 is 56.8 Å². The topological polar surface area (TPSA) is 176 Å². The number of rotatable bonds is 16. The van der Waals surface area contributed by atoms with Gasteiger partial charge in [0.2, 0.25) is 15.9 Å². The number of hydrogen-bond acceptors (Lipinski definition) is 9. The first kappa shape index (κ1) is 46.7. The lowest BCUT2D eigenvalue weighted by atomic mass is 9.93. The van der Waals surface area contributed by atoms with Gasteiger partial charge >= 0.3 is 0 Å². The van der Waals surface area contributed by atoms with Crippen molar-refractivity contribution in [3.05, 3.63) is 87.3 Å². The Bertz CT molecular complexity index is 2890. The van der Waals surface area contributed by atoms with Crippen molar-refractivity contribution in [3.63, 3.8) is 0 Å². The molecule has 1 amide bonds. The Labute approximate surface area is 366 Å². The van der Waals surface area contributed by atoms with Crippen LogP contribution in [0.4, 0.5) is 40.9 Å². The van der Waals surface area contributed by atoms with E-state index in [2.05, 4.69) is 37.3 Å². The van der Waals surface area contributed by atoms with Crippen LogP contribution in [0.5, 0.6) is 0 Å². The first-order valence-corrected chi connectivity index (χ1v) is 23.3. The van der Waals surface area contributed by atoms with Crippen LogP contribution in [0.1, 0.15) is 56.1 Å². The second kappa shape index (κ2) is 16.9. The maximum atomic E-state index is 15.4. The summed E-state index contributed by atoms with van der Waals surface area (Å²) in [5.41, 5.74) is -3.52. The van der Waals surface area contributed by atoms with E-state index in [1.165, 1.54) is 38.1 Å². The van der Waals surface area contributed by atoms with Crippen LogP contribution in [0.15, 0.2) is 53.7 Å². The Hall–Kier alpha value is -5.27. The molecule has 3 aliphatic carbocycles. The van der Waals surface area contributed by atoms with E-state index in [-0.39, 0.29) is 56.2 Å². The van der Waals surface area contributed by atoms with E-state index in [0.717, 1.165) is 23.1 Å². The minimum atomic E-state index is -4.04. The standard InChI is InChI=1S/C41H38ClF8N7O5S2/c1-40(2,63(3,59)60)11-10-22-4-7-24(25-8-9-28(42)33-36(25)57(18-30(45)46)55-39(33)56-64(61,62)23-5-6-23)35(53-22)29(14-19-12-20(43)15-21(44)13-19)54-31(58)17-52-37-32(34(51)38(47)48)26-16-27(26)41(37,49)50/h4,7-9,12-13,15,23,26-27,29-30,38,51-52H,5-6,14,16-18H2,1-3H3,(H,54,58)(H,55,56). The third-order valence-corrected chi connectivity index (χ3v) is 15.3. The van der Waals surface area contributed by atoms with Gasteiger partial charge in [-0.1, -0.05) is 23.6 Å². The van der Waals surface area contributed by atoms with Gasteiger partial charge < -0.3 is 10.6 Å². The molecule has 3 aliphatic rings. The number of benzene rings is 2. The number of aromatic nitrogens is 3. The third kappa shape index (κ3) is 9.42. The monoisotopic (exact) mass is 959 g/mol. The van der Waals surface area contributed by atoms with E-state index in [1.807, 2.05) is 0 Å². The number of anilines is 1. The summed E-state index contributed by atoms with van der Waals surface area (Å²) in [6.45, 7) is 0.573. The van der Waals surface area contributed by atoms with Gasteiger partial charge in [-0.25, -0.2) is 48.2 Å². The molecule has 0 spiro atoms. The van der Waals surface area contributed by atoms with Crippen molar-refractivity contribution in [2.45, 2.75) is 80.9 Å². The van der Waals surface area contributed by atoms with Crippen molar-refractivity contribution in [3.8, 4) is 23.0 Å². The number of hydrogen-bond donors (Lipinski definition) is 4. The van der Waals surface area contributed by atoms with E-state index in [9.17, 15) is 48.0 Å². The van der Waals surface area contributed by atoms with Crippen molar-refractivity contribution in [1.29, 1.82) is 5.41 Å². The lowest BCUT2D eigenvalue weighted by Gasteiger charge is -2.24. The fourth-order valence-electron chi connectivity index (χ4n) is 7.50. The van der Waals surface area contributed by atoms with Gasteiger partial charge in [-0.3, -0.25) is 19.6 Å². The van der Waals surface area contributed by atoms with Crippen molar-refractivity contribution in [1.82, 2.24) is 25.4 Å². The van der Waals surface area contributed by atoms with Gasteiger partial charge in [0.25, 0.3) is 18.8 Å². The van der Waals surface area contributed by atoms with Crippen molar-refractivity contribution >= 4 is 59.8 Å². The molecule has 3 unspecified atom stereocenters. The van der Waals surface area contributed by atoms with Crippen LogP contribution in [0.2, 0.25) is 5.02 Å². The predicted octanol–water partition coefficient (Wildman–Crippen LogP) is 7.19. The van der Waals surface area contributed by atoms with E-state index in [4.69, 9.17) is 17.0 Å². The smallest absolute Gasteiger partial charge is 0.290 e. The van der Waals surface area contributed by atoms with Crippen LogP contribution in [-0.4, -0.2) is 84.8 Å². The lowest BCUT2D eigenvalue weighted by Crippen LogP contribution is -2.41. The molecule has 0 bridgehead atoms. The molecule has 23 heteroatoms. The fourth-order valence-corrected chi connectivity index (χ4v) is 9.31. The van der Waals surface area contributed by atoms with Crippen LogP contribution in [0, 0.1) is 40.7 Å². The number of fused-ring (bicyclic) bond motifs is 2. The van der Waals surface area contributed by atoms with Gasteiger partial charge in [0, 0.05) is 34.9 Å². The zero-order chi connectivity index (χ0) is 46.8. The zero-order valence-electron chi connectivity index (χ0n) is 33.8. The number of pyridine rings is 1. The number of nitrogens with one attached hydrogen (secondary N) is 4. The largest absolute Gasteiger partial charge is 0.374 e. The van der Waals surface area contributed by atoms with Crippen molar-refractivity contribution in [2.24, 2.45) is 11.8 Å². The maximum absolute atomic E-state index is 15.4. The number of carbonyl (C=O) groups is 1. The summed E-state index contributed by atoms with van der Waals surface area (Å²) in [5, 5.41) is 15.8. The molecule has 3 atom stereocenters. The number of allylic oxidation sites excluding steroid dienone is 2. The molecule has 2 aromatic carbocycles. The number of carbonyl (C=O) groups excluding carboxylic acids is 1. The minimum Gasteiger partial charge on any atom is -0.374 e. The lowest BCUT2D eigenvalue weighted by molar-refractivity contribution is -0.121. The molecule has 4 aromatic rings. The number of nitrogens with zero attached hydrogens (tertiary/aromatic N) is 3. The van der Waals surface area contributed by atoms with E-state index >= 15 is 8.78 Å². The second-order valence-electron chi connectivity index (χ2n) is 16.3. The fraction of sp³-hybridized carbons (Fsp3) is 0.415. The molecule has 2 fully saturated rings. The highest BCUT2D eigenvalue weighted by molar-refractivity contribution is 7.93. The quantitative estimate of drug-likeness (QED) is 0.0519. The molecule has 4 N–H and O–H groups in total. The number of sulfone groups is 1. The van der Waals surface area contributed by atoms with Crippen LogP contribution in [-0.2, 0) is 37.6 Å².